The van der Waals surface area contributed by atoms with Crippen LogP contribution in [0, 0.1) is 0 Å². The molecule has 1 N–H and O–H groups in total. The first-order chi connectivity index (χ1) is 9.33. The summed E-state index contributed by atoms with van der Waals surface area (Å²) in [5.41, 5.74) is 1.96. The summed E-state index contributed by atoms with van der Waals surface area (Å²) in [6, 6.07) is 9.68. The van der Waals surface area contributed by atoms with Gasteiger partial charge in [0.1, 0.15) is 5.75 Å². The summed E-state index contributed by atoms with van der Waals surface area (Å²) in [7, 11) is 1.65. The van der Waals surface area contributed by atoms with Crippen LogP contribution < -0.4 is 4.74 Å². The molecule has 5 nitrogen and oxygen atoms in total. The van der Waals surface area contributed by atoms with E-state index < -0.39 is 0 Å². The molecule has 0 spiro atoms. The second-order valence-corrected chi connectivity index (χ2v) is 4.04. The first-order valence-electron chi connectivity index (χ1n) is 6.21. The normalized spacial score (nSPS) is 10.6. The Morgan fingerprint density at radius 3 is 2.63 bits per heavy atom. The molecule has 19 heavy (non-hydrogen) atoms. The molecular formula is C14H18N2O3. The lowest BCUT2D eigenvalue weighted by Crippen LogP contribution is -2.04. The third-order valence-electron chi connectivity index (χ3n) is 2.72. The maximum Gasteiger partial charge on any atom is 0.119 e. The quantitative estimate of drug-likeness (QED) is 0.767. The Hall–Kier alpha value is -1.85. The number of aromatic nitrogens is 2. The third kappa shape index (κ3) is 3.81. The number of hydrogen-bond acceptors (Lipinski definition) is 4. The number of methoxy groups -OCH3 is 1. The fourth-order valence-electron chi connectivity index (χ4n) is 1.72. The van der Waals surface area contributed by atoms with Crippen LogP contribution in [0.25, 0.3) is 5.69 Å². The maximum atomic E-state index is 8.60. The van der Waals surface area contributed by atoms with Crippen LogP contribution in [0.4, 0.5) is 0 Å². The minimum absolute atomic E-state index is 0.0558. The summed E-state index contributed by atoms with van der Waals surface area (Å²) in [6.07, 6.45) is 2.66. The Kier molecular flexibility index (Phi) is 4.94. The van der Waals surface area contributed by atoms with E-state index in [9.17, 15) is 0 Å². The SMILES string of the molecule is COc1ccc(-n2ccc(CCOCCO)n2)cc1. The minimum atomic E-state index is 0.0558. The zero-order chi connectivity index (χ0) is 13.5. The van der Waals surface area contributed by atoms with Crippen molar-refractivity contribution in [2.75, 3.05) is 26.9 Å². The standard InChI is InChI=1S/C14H18N2O3/c1-18-14-4-2-13(3-5-14)16-8-6-12(15-16)7-10-19-11-9-17/h2-6,8,17H,7,9-11H2,1H3. The van der Waals surface area contributed by atoms with Gasteiger partial charge >= 0.3 is 0 Å². The molecule has 1 aromatic carbocycles. The summed E-state index contributed by atoms with van der Waals surface area (Å²) in [4.78, 5) is 0. The van der Waals surface area contributed by atoms with Gasteiger partial charge in [0.2, 0.25) is 0 Å². The van der Waals surface area contributed by atoms with Crippen molar-refractivity contribution in [2.24, 2.45) is 0 Å². The Balaban J connectivity index is 1.95. The summed E-state index contributed by atoms with van der Waals surface area (Å²) < 4.78 is 12.2. The number of aliphatic hydroxyl groups excluding tert-OH is 1. The molecule has 102 valence electrons. The molecule has 2 aromatic rings. The van der Waals surface area contributed by atoms with Gasteiger partial charge < -0.3 is 14.6 Å². The van der Waals surface area contributed by atoms with Gasteiger partial charge in [-0.3, -0.25) is 0 Å². The number of rotatable bonds is 7. The van der Waals surface area contributed by atoms with Crippen molar-refractivity contribution in [1.82, 2.24) is 9.78 Å². The van der Waals surface area contributed by atoms with E-state index in [1.807, 2.05) is 41.2 Å². The van der Waals surface area contributed by atoms with Gasteiger partial charge in [-0.05, 0) is 30.3 Å². The summed E-state index contributed by atoms with van der Waals surface area (Å²) in [6.45, 7) is 1.000. The van der Waals surface area contributed by atoms with Gasteiger partial charge in [-0.25, -0.2) is 4.68 Å². The largest absolute Gasteiger partial charge is 0.497 e. The lowest BCUT2D eigenvalue weighted by Gasteiger charge is -2.03. The predicted octanol–water partition coefficient (Wildman–Crippen LogP) is 1.43. The topological polar surface area (TPSA) is 56.5 Å². The molecular weight excluding hydrogens is 244 g/mol. The first-order valence-corrected chi connectivity index (χ1v) is 6.21. The Morgan fingerprint density at radius 2 is 1.95 bits per heavy atom. The van der Waals surface area contributed by atoms with Gasteiger partial charge in [0.05, 0.1) is 38.3 Å². The molecule has 2 rings (SSSR count). The average Bonchev–Trinajstić information content (AvgIpc) is 2.92. The number of benzene rings is 1. The first kappa shape index (κ1) is 13.6. The van der Waals surface area contributed by atoms with Crippen molar-refractivity contribution < 1.29 is 14.6 Å². The molecule has 1 heterocycles. The van der Waals surface area contributed by atoms with Crippen molar-refractivity contribution in [2.45, 2.75) is 6.42 Å². The van der Waals surface area contributed by atoms with Crippen molar-refractivity contribution in [1.29, 1.82) is 0 Å². The highest BCUT2D eigenvalue weighted by atomic mass is 16.5. The Bertz CT molecular complexity index is 494. The molecule has 0 saturated heterocycles. The van der Waals surface area contributed by atoms with Crippen molar-refractivity contribution in [3.63, 3.8) is 0 Å². The zero-order valence-electron chi connectivity index (χ0n) is 11.0. The van der Waals surface area contributed by atoms with Gasteiger partial charge in [-0.2, -0.15) is 5.10 Å². The molecule has 0 fully saturated rings. The van der Waals surface area contributed by atoms with Gasteiger partial charge in [0, 0.05) is 12.6 Å². The zero-order valence-corrected chi connectivity index (χ0v) is 11.0. The molecule has 0 atom stereocenters. The summed E-state index contributed by atoms with van der Waals surface area (Å²) in [5, 5.41) is 13.1. The van der Waals surface area contributed by atoms with E-state index in [0.717, 1.165) is 23.6 Å². The number of ether oxygens (including phenoxy) is 2. The fourth-order valence-corrected chi connectivity index (χ4v) is 1.72. The molecule has 0 radical (unpaired) electrons. The van der Waals surface area contributed by atoms with E-state index >= 15 is 0 Å². The van der Waals surface area contributed by atoms with Gasteiger partial charge in [-0.15, -0.1) is 0 Å². The van der Waals surface area contributed by atoms with Crippen LogP contribution in [0.1, 0.15) is 5.69 Å². The van der Waals surface area contributed by atoms with Crippen molar-refractivity contribution >= 4 is 0 Å². The van der Waals surface area contributed by atoms with E-state index in [1.165, 1.54) is 0 Å². The predicted molar refractivity (Wildman–Crippen MR) is 71.7 cm³/mol. The lowest BCUT2D eigenvalue weighted by atomic mass is 10.3. The molecule has 0 bridgehead atoms. The lowest BCUT2D eigenvalue weighted by molar-refractivity contribution is 0.0940. The van der Waals surface area contributed by atoms with Gasteiger partial charge in [-0.1, -0.05) is 0 Å². The highest BCUT2D eigenvalue weighted by molar-refractivity contribution is 5.36. The van der Waals surface area contributed by atoms with Crippen LogP contribution in [-0.4, -0.2) is 41.8 Å². The molecule has 1 aromatic heterocycles. The molecule has 0 saturated carbocycles. The molecule has 5 heteroatoms. The molecule has 0 unspecified atom stereocenters. The minimum Gasteiger partial charge on any atom is -0.497 e. The summed E-state index contributed by atoms with van der Waals surface area (Å²) in [5.74, 6) is 0.827. The van der Waals surface area contributed by atoms with E-state index in [4.69, 9.17) is 14.6 Å². The average molecular weight is 262 g/mol. The van der Waals surface area contributed by atoms with E-state index in [1.54, 1.807) is 7.11 Å². The van der Waals surface area contributed by atoms with E-state index in [-0.39, 0.29) is 6.61 Å². The Morgan fingerprint density at radius 1 is 1.16 bits per heavy atom. The smallest absolute Gasteiger partial charge is 0.119 e. The second kappa shape index (κ2) is 6.92. The number of aliphatic hydroxyl groups is 1. The number of nitrogens with zero attached hydrogens (tertiary/aromatic N) is 2. The third-order valence-corrected chi connectivity index (χ3v) is 2.72. The maximum absolute atomic E-state index is 8.60. The van der Waals surface area contributed by atoms with E-state index in [2.05, 4.69) is 5.10 Å². The van der Waals surface area contributed by atoms with Crippen LogP contribution in [0.15, 0.2) is 36.5 Å². The highest BCUT2D eigenvalue weighted by Gasteiger charge is 2.02. The Labute approximate surface area is 112 Å². The van der Waals surface area contributed by atoms with Gasteiger partial charge in [0.15, 0.2) is 0 Å². The van der Waals surface area contributed by atoms with Gasteiger partial charge in [0.25, 0.3) is 0 Å². The molecule has 0 aliphatic carbocycles. The second-order valence-electron chi connectivity index (χ2n) is 4.04. The molecule has 0 aliphatic rings. The number of hydrogen-bond donors (Lipinski definition) is 1. The van der Waals surface area contributed by atoms with Crippen molar-refractivity contribution in [3.05, 3.63) is 42.2 Å². The van der Waals surface area contributed by atoms with Crippen LogP contribution in [0.5, 0.6) is 5.75 Å². The molecule has 0 amide bonds. The van der Waals surface area contributed by atoms with Crippen LogP contribution in [0.3, 0.4) is 0 Å². The van der Waals surface area contributed by atoms with E-state index in [0.29, 0.717) is 13.2 Å². The van der Waals surface area contributed by atoms with Crippen LogP contribution in [-0.2, 0) is 11.2 Å². The summed E-state index contributed by atoms with van der Waals surface area (Å²) >= 11 is 0. The van der Waals surface area contributed by atoms with Crippen molar-refractivity contribution in [3.8, 4) is 11.4 Å². The van der Waals surface area contributed by atoms with Crippen LogP contribution in [0.2, 0.25) is 0 Å². The van der Waals surface area contributed by atoms with Crippen LogP contribution >= 0.6 is 0 Å². The molecule has 0 aliphatic heterocycles. The highest BCUT2D eigenvalue weighted by Crippen LogP contribution is 2.14. The fraction of sp³-hybridized carbons (Fsp3) is 0.357. The monoisotopic (exact) mass is 262 g/mol.